The average Bonchev–Trinajstić information content (AvgIpc) is 3.38. The number of hydrogen-bond acceptors (Lipinski definition) is 5. The highest BCUT2D eigenvalue weighted by Gasteiger charge is 2.48. The fourth-order valence-corrected chi connectivity index (χ4v) is 4.36. The van der Waals surface area contributed by atoms with Crippen LogP contribution in [0.1, 0.15) is 30.6 Å². The fourth-order valence-electron chi connectivity index (χ4n) is 4.36. The highest BCUT2D eigenvalue weighted by molar-refractivity contribution is 6.00. The molecule has 1 spiro atoms. The lowest BCUT2D eigenvalue weighted by Gasteiger charge is -2.47. The van der Waals surface area contributed by atoms with Gasteiger partial charge in [-0.05, 0) is 26.0 Å². The molecule has 0 radical (unpaired) electrons. The molecule has 0 saturated carbocycles. The van der Waals surface area contributed by atoms with Crippen LogP contribution in [0.15, 0.2) is 40.9 Å². The van der Waals surface area contributed by atoms with E-state index < -0.39 is 11.2 Å². The van der Waals surface area contributed by atoms with Gasteiger partial charge >= 0.3 is 0 Å². The summed E-state index contributed by atoms with van der Waals surface area (Å²) in [4.78, 5) is 15.3. The van der Waals surface area contributed by atoms with E-state index in [0.717, 1.165) is 17.4 Å². The summed E-state index contributed by atoms with van der Waals surface area (Å²) in [5, 5.41) is 8.05. The third kappa shape index (κ3) is 2.91. The Hall–Kier alpha value is -2.64. The summed E-state index contributed by atoms with van der Waals surface area (Å²) in [6, 6.07) is 9.70. The summed E-state index contributed by atoms with van der Waals surface area (Å²) in [6.07, 6.45) is 2.37. The van der Waals surface area contributed by atoms with Gasteiger partial charge in [-0.1, -0.05) is 18.2 Å². The second-order valence-corrected chi connectivity index (χ2v) is 8.32. The number of aromatic amines is 1. The largest absolute Gasteiger partial charge is 0.454 e. The van der Waals surface area contributed by atoms with Gasteiger partial charge < -0.3 is 18.8 Å². The number of ether oxygens (including phenoxy) is 2. The molecular formula is C21H23N3O4. The molecule has 2 aromatic heterocycles. The Morgan fingerprint density at radius 1 is 1.25 bits per heavy atom. The lowest BCUT2D eigenvalue weighted by Crippen LogP contribution is -2.61. The molecule has 7 heteroatoms. The van der Waals surface area contributed by atoms with E-state index in [1.165, 1.54) is 0 Å². The van der Waals surface area contributed by atoms with Crippen molar-refractivity contribution in [1.82, 2.24) is 15.1 Å². The molecule has 3 aromatic rings. The molecule has 2 aliphatic heterocycles. The van der Waals surface area contributed by atoms with E-state index in [2.05, 4.69) is 10.2 Å². The number of amides is 1. The van der Waals surface area contributed by atoms with Gasteiger partial charge in [0.25, 0.3) is 5.91 Å². The third-order valence-corrected chi connectivity index (χ3v) is 5.44. The number of morpholine rings is 1. The number of benzene rings is 1. The predicted molar refractivity (Wildman–Crippen MR) is 103 cm³/mol. The van der Waals surface area contributed by atoms with Crippen LogP contribution in [0, 0.1) is 0 Å². The van der Waals surface area contributed by atoms with Crippen LogP contribution in [-0.2, 0) is 9.47 Å². The molecule has 2 aliphatic rings. The van der Waals surface area contributed by atoms with E-state index in [9.17, 15) is 4.79 Å². The van der Waals surface area contributed by atoms with Gasteiger partial charge in [0.1, 0.15) is 16.9 Å². The molecule has 1 atom stereocenters. The number of aromatic nitrogens is 2. The minimum atomic E-state index is -0.440. The maximum Gasteiger partial charge on any atom is 0.258 e. The Morgan fingerprint density at radius 2 is 2.11 bits per heavy atom. The molecule has 146 valence electrons. The molecule has 1 N–H and O–H groups in total. The van der Waals surface area contributed by atoms with Crippen LogP contribution in [0.3, 0.4) is 0 Å². The minimum Gasteiger partial charge on any atom is -0.454 e. The van der Waals surface area contributed by atoms with E-state index in [1.54, 1.807) is 6.20 Å². The lowest BCUT2D eigenvalue weighted by atomic mass is 9.94. The Kier molecular flexibility index (Phi) is 3.86. The van der Waals surface area contributed by atoms with Crippen LogP contribution in [0.5, 0.6) is 0 Å². The monoisotopic (exact) mass is 381 g/mol. The zero-order chi connectivity index (χ0) is 19.4. The van der Waals surface area contributed by atoms with E-state index in [4.69, 9.17) is 13.9 Å². The second-order valence-electron chi connectivity index (χ2n) is 8.32. The average molecular weight is 381 g/mol. The first-order valence-corrected chi connectivity index (χ1v) is 9.54. The number of hydrogen-bond donors (Lipinski definition) is 1. The van der Waals surface area contributed by atoms with Crippen molar-refractivity contribution in [3.8, 4) is 11.5 Å². The number of H-pyrrole nitrogens is 1. The summed E-state index contributed by atoms with van der Waals surface area (Å²) < 4.78 is 17.8. The van der Waals surface area contributed by atoms with Crippen LogP contribution in [0.25, 0.3) is 22.4 Å². The molecule has 7 nitrogen and oxygen atoms in total. The number of nitrogens with zero attached hydrogens (tertiary/aromatic N) is 2. The third-order valence-electron chi connectivity index (χ3n) is 5.44. The Balaban J connectivity index is 1.48. The predicted octanol–water partition coefficient (Wildman–Crippen LogP) is 3.23. The standard InChI is InChI=1S/C21H23N3O4/c1-20(2)11-24(12-21(28-20)7-8-26-13-21)19(25)15-10-22-23-18(15)17-9-14-5-3-4-6-16(14)27-17/h3-6,9-10H,7-8,11-13H2,1-2H3,(H,22,23). The summed E-state index contributed by atoms with van der Waals surface area (Å²) >= 11 is 0. The molecular weight excluding hydrogens is 358 g/mol. The zero-order valence-corrected chi connectivity index (χ0v) is 16.0. The molecule has 4 heterocycles. The minimum absolute atomic E-state index is 0.0770. The highest BCUT2D eigenvalue weighted by atomic mass is 16.6. The van der Waals surface area contributed by atoms with Gasteiger partial charge in [0, 0.05) is 25.0 Å². The zero-order valence-electron chi connectivity index (χ0n) is 16.0. The van der Waals surface area contributed by atoms with Gasteiger partial charge in [-0.3, -0.25) is 9.89 Å². The summed E-state index contributed by atoms with van der Waals surface area (Å²) in [7, 11) is 0. The maximum absolute atomic E-state index is 13.4. The number of fused-ring (bicyclic) bond motifs is 1. The van der Waals surface area contributed by atoms with Crippen LogP contribution in [-0.4, -0.2) is 58.5 Å². The Bertz CT molecular complexity index is 996. The molecule has 1 aromatic carbocycles. The van der Waals surface area contributed by atoms with Crippen molar-refractivity contribution in [2.24, 2.45) is 0 Å². The SMILES string of the molecule is CC1(C)CN(C(=O)c2cn[nH]c2-c2cc3ccccc3o2)CC2(CCOC2)O1. The fraction of sp³-hybridized carbons (Fsp3) is 0.429. The van der Waals surface area contributed by atoms with Gasteiger partial charge in [-0.25, -0.2) is 0 Å². The van der Waals surface area contributed by atoms with Gasteiger partial charge in [0.2, 0.25) is 0 Å². The first-order valence-electron chi connectivity index (χ1n) is 9.54. The van der Waals surface area contributed by atoms with E-state index in [1.807, 2.05) is 49.1 Å². The topological polar surface area (TPSA) is 80.6 Å². The smallest absolute Gasteiger partial charge is 0.258 e. The molecule has 1 unspecified atom stereocenters. The summed E-state index contributed by atoms with van der Waals surface area (Å²) in [6.45, 7) is 6.23. The van der Waals surface area contributed by atoms with Crippen LogP contribution in [0.2, 0.25) is 0 Å². The lowest BCUT2D eigenvalue weighted by molar-refractivity contribution is -0.186. The van der Waals surface area contributed by atoms with Crippen LogP contribution < -0.4 is 0 Å². The number of carbonyl (C=O) groups is 1. The van der Waals surface area contributed by atoms with Crippen molar-refractivity contribution in [3.05, 3.63) is 42.1 Å². The molecule has 2 fully saturated rings. The van der Waals surface area contributed by atoms with Gasteiger partial charge in [0.05, 0.1) is 30.5 Å². The summed E-state index contributed by atoms with van der Waals surface area (Å²) in [5.74, 6) is 0.528. The van der Waals surface area contributed by atoms with Crippen LogP contribution in [0.4, 0.5) is 0 Å². The molecule has 2 saturated heterocycles. The van der Waals surface area contributed by atoms with Gasteiger partial charge in [0.15, 0.2) is 5.76 Å². The van der Waals surface area contributed by atoms with Crippen molar-refractivity contribution < 1.29 is 18.7 Å². The second kappa shape index (κ2) is 6.18. The molecule has 28 heavy (non-hydrogen) atoms. The summed E-state index contributed by atoms with van der Waals surface area (Å²) in [5.41, 5.74) is 1.01. The van der Waals surface area contributed by atoms with Gasteiger partial charge in [-0.15, -0.1) is 0 Å². The number of furan rings is 1. The first kappa shape index (κ1) is 17.5. The van der Waals surface area contributed by atoms with Crippen LogP contribution >= 0.6 is 0 Å². The van der Waals surface area contributed by atoms with E-state index in [-0.39, 0.29) is 5.91 Å². The molecule has 0 bridgehead atoms. The Morgan fingerprint density at radius 3 is 2.89 bits per heavy atom. The van der Waals surface area contributed by atoms with Crippen molar-refractivity contribution in [1.29, 1.82) is 0 Å². The van der Waals surface area contributed by atoms with Crippen molar-refractivity contribution in [3.63, 3.8) is 0 Å². The number of carbonyl (C=O) groups excluding carboxylic acids is 1. The highest BCUT2D eigenvalue weighted by Crippen LogP contribution is 2.36. The van der Waals surface area contributed by atoms with E-state index in [0.29, 0.717) is 43.3 Å². The molecule has 0 aliphatic carbocycles. The Labute approximate surface area is 162 Å². The van der Waals surface area contributed by atoms with E-state index >= 15 is 0 Å². The van der Waals surface area contributed by atoms with Crippen molar-refractivity contribution in [2.75, 3.05) is 26.3 Å². The first-order chi connectivity index (χ1) is 13.4. The number of para-hydroxylation sites is 1. The van der Waals surface area contributed by atoms with Crippen molar-refractivity contribution >= 4 is 16.9 Å². The van der Waals surface area contributed by atoms with Gasteiger partial charge in [-0.2, -0.15) is 5.10 Å². The van der Waals surface area contributed by atoms with Crippen molar-refractivity contribution in [2.45, 2.75) is 31.5 Å². The number of rotatable bonds is 2. The molecule has 5 rings (SSSR count). The molecule has 1 amide bonds. The normalized spacial score (nSPS) is 24.3. The maximum atomic E-state index is 13.4. The quantitative estimate of drug-likeness (QED) is 0.737. The number of nitrogens with one attached hydrogen (secondary N) is 1.